The van der Waals surface area contributed by atoms with Crippen molar-refractivity contribution >= 4 is 22.1 Å². The molecule has 0 aromatic heterocycles. The number of nitrogens with zero attached hydrogens (tertiary/aromatic N) is 1. The van der Waals surface area contributed by atoms with Gasteiger partial charge in [-0.25, -0.2) is 0 Å². The second-order valence-electron chi connectivity index (χ2n) is 3.69. The topological polar surface area (TPSA) is 32.6 Å². The Morgan fingerprint density at radius 2 is 2.18 bits per heavy atom. The lowest BCUT2D eigenvalue weighted by molar-refractivity contribution is 0.321. The first kappa shape index (κ1) is 8.78. The van der Waals surface area contributed by atoms with Crippen LogP contribution in [-0.2, 0) is 0 Å². The van der Waals surface area contributed by atoms with E-state index < -0.39 is 0 Å². The van der Waals surface area contributed by atoms with Gasteiger partial charge in [0, 0.05) is 4.48 Å². The van der Waals surface area contributed by atoms with Crippen molar-refractivity contribution in [3.05, 3.63) is 10.1 Å². The average Bonchev–Trinajstić information content (AvgIpc) is 2.07. The maximum atomic E-state index is 8.33. The summed E-state index contributed by atoms with van der Waals surface area (Å²) in [6, 6.07) is 0. The van der Waals surface area contributed by atoms with Gasteiger partial charge in [-0.2, -0.15) is 0 Å². The molecule has 0 bridgehead atoms. The zero-order valence-corrected chi connectivity index (χ0v) is 8.35. The third-order valence-corrected chi connectivity index (χ3v) is 2.65. The summed E-state index contributed by atoms with van der Waals surface area (Å²) in [5.74, 6) is 0. The third-order valence-electron chi connectivity index (χ3n) is 1.86. The first-order valence-corrected chi connectivity index (χ1v) is 4.39. The Labute approximate surface area is 75.1 Å². The molecule has 1 aliphatic rings. The van der Waals surface area contributed by atoms with Crippen LogP contribution in [0.1, 0.15) is 26.7 Å². The highest BCUT2D eigenvalue weighted by molar-refractivity contribution is 9.11. The van der Waals surface area contributed by atoms with Crippen molar-refractivity contribution in [2.45, 2.75) is 26.7 Å². The van der Waals surface area contributed by atoms with Crippen molar-refractivity contribution in [3.63, 3.8) is 0 Å². The Bertz CT molecular complexity index is 218. The Hall–Kier alpha value is -0.310. The molecule has 3 heteroatoms. The summed E-state index contributed by atoms with van der Waals surface area (Å²) in [6.07, 6.45) is 3.53. The van der Waals surface area contributed by atoms with Gasteiger partial charge in [0.1, 0.15) is 0 Å². The smallest absolute Gasteiger partial charge is 0.0701 e. The number of hydrogen-bond donors (Lipinski definition) is 1. The van der Waals surface area contributed by atoms with E-state index in [1.807, 2.05) is 0 Å². The van der Waals surface area contributed by atoms with E-state index in [1.54, 1.807) is 0 Å². The van der Waals surface area contributed by atoms with Crippen molar-refractivity contribution in [2.75, 3.05) is 0 Å². The van der Waals surface area contributed by atoms with Crippen molar-refractivity contribution in [1.29, 1.82) is 0 Å². The molecule has 0 saturated carbocycles. The molecule has 1 N–H and O–H groups in total. The third kappa shape index (κ3) is 2.06. The highest BCUT2D eigenvalue weighted by atomic mass is 79.9. The molecule has 0 saturated heterocycles. The molecule has 11 heavy (non-hydrogen) atoms. The van der Waals surface area contributed by atoms with E-state index >= 15 is 0 Å². The molecule has 2 nitrogen and oxygen atoms in total. The molecule has 0 amide bonds. The molecule has 1 rings (SSSR count). The van der Waals surface area contributed by atoms with Crippen LogP contribution < -0.4 is 0 Å². The molecule has 0 aliphatic heterocycles. The van der Waals surface area contributed by atoms with Gasteiger partial charge >= 0.3 is 0 Å². The van der Waals surface area contributed by atoms with Crippen LogP contribution in [-0.4, -0.2) is 11.4 Å². The fourth-order valence-corrected chi connectivity index (χ4v) is 2.39. The standard InChI is InChI=1S/C8H12BrNO/c1-8(2)3-6(5-10-11)7(9)4-8/h5,11H,3-4H2,1-2H3/b10-5+. The zero-order valence-electron chi connectivity index (χ0n) is 6.76. The molecule has 0 aromatic rings. The molecule has 0 spiro atoms. The lowest BCUT2D eigenvalue weighted by Gasteiger charge is -2.15. The van der Waals surface area contributed by atoms with E-state index in [9.17, 15) is 0 Å². The quantitative estimate of drug-likeness (QED) is 0.409. The lowest BCUT2D eigenvalue weighted by Crippen LogP contribution is -2.05. The number of hydrogen-bond acceptors (Lipinski definition) is 2. The van der Waals surface area contributed by atoms with Crippen LogP contribution in [0.5, 0.6) is 0 Å². The van der Waals surface area contributed by atoms with E-state index in [-0.39, 0.29) is 0 Å². The van der Waals surface area contributed by atoms with Crippen LogP contribution in [0.3, 0.4) is 0 Å². The molecular weight excluding hydrogens is 206 g/mol. The second kappa shape index (κ2) is 2.97. The Kier molecular flexibility index (Phi) is 2.37. The molecule has 0 aromatic carbocycles. The van der Waals surface area contributed by atoms with E-state index in [0.717, 1.165) is 18.4 Å². The van der Waals surface area contributed by atoms with Gasteiger partial charge in [0.15, 0.2) is 0 Å². The Morgan fingerprint density at radius 1 is 1.55 bits per heavy atom. The minimum absolute atomic E-state index is 0.315. The number of halogens is 1. The summed E-state index contributed by atoms with van der Waals surface area (Å²) < 4.78 is 1.17. The van der Waals surface area contributed by atoms with Crippen LogP contribution >= 0.6 is 15.9 Å². The number of allylic oxidation sites excluding steroid dienone is 2. The monoisotopic (exact) mass is 217 g/mol. The highest BCUT2D eigenvalue weighted by Gasteiger charge is 2.28. The van der Waals surface area contributed by atoms with Gasteiger partial charge in [0.05, 0.1) is 6.21 Å². The Balaban J connectivity index is 2.75. The zero-order chi connectivity index (χ0) is 8.48. The van der Waals surface area contributed by atoms with E-state index in [0.29, 0.717) is 5.41 Å². The molecular formula is C8H12BrNO. The molecule has 0 fully saturated rings. The van der Waals surface area contributed by atoms with Crippen molar-refractivity contribution in [2.24, 2.45) is 10.6 Å². The summed E-state index contributed by atoms with van der Waals surface area (Å²) in [6.45, 7) is 4.40. The van der Waals surface area contributed by atoms with E-state index in [2.05, 4.69) is 34.9 Å². The van der Waals surface area contributed by atoms with Gasteiger partial charge in [0.25, 0.3) is 0 Å². The summed E-state index contributed by atoms with van der Waals surface area (Å²) in [4.78, 5) is 0. The summed E-state index contributed by atoms with van der Waals surface area (Å²) in [5.41, 5.74) is 1.42. The van der Waals surface area contributed by atoms with Gasteiger partial charge < -0.3 is 5.21 Å². The minimum atomic E-state index is 0.315. The molecule has 0 unspecified atom stereocenters. The first-order valence-electron chi connectivity index (χ1n) is 3.60. The van der Waals surface area contributed by atoms with Gasteiger partial charge in [-0.1, -0.05) is 34.9 Å². The van der Waals surface area contributed by atoms with Crippen LogP contribution in [0.25, 0.3) is 0 Å². The summed E-state index contributed by atoms with van der Waals surface area (Å²) in [5, 5.41) is 11.3. The van der Waals surface area contributed by atoms with Gasteiger partial charge in [-0.05, 0) is 23.8 Å². The molecule has 62 valence electrons. The number of oxime groups is 1. The fourth-order valence-electron chi connectivity index (χ4n) is 1.39. The number of rotatable bonds is 1. The predicted molar refractivity (Wildman–Crippen MR) is 49.2 cm³/mol. The fraction of sp³-hybridized carbons (Fsp3) is 0.625. The Morgan fingerprint density at radius 3 is 2.55 bits per heavy atom. The van der Waals surface area contributed by atoms with Gasteiger partial charge in [-0.15, -0.1) is 0 Å². The van der Waals surface area contributed by atoms with Crippen LogP contribution in [0.2, 0.25) is 0 Å². The molecule has 0 atom stereocenters. The largest absolute Gasteiger partial charge is 0.411 e. The molecule has 1 aliphatic carbocycles. The molecule has 0 radical (unpaired) electrons. The van der Waals surface area contributed by atoms with Crippen molar-refractivity contribution < 1.29 is 5.21 Å². The SMILES string of the molecule is CC1(C)CC(Br)=C(/C=N/O)C1. The summed E-state index contributed by atoms with van der Waals surface area (Å²) in [7, 11) is 0. The highest BCUT2D eigenvalue weighted by Crippen LogP contribution is 2.42. The predicted octanol–water partition coefficient (Wildman–Crippen LogP) is 2.92. The van der Waals surface area contributed by atoms with E-state index in [4.69, 9.17) is 5.21 Å². The maximum Gasteiger partial charge on any atom is 0.0701 e. The maximum absolute atomic E-state index is 8.33. The van der Waals surface area contributed by atoms with Crippen LogP contribution in [0.15, 0.2) is 15.2 Å². The van der Waals surface area contributed by atoms with E-state index in [1.165, 1.54) is 10.7 Å². The lowest BCUT2D eigenvalue weighted by atomic mass is 9.90. The minimum Gasteiger partial charge on any atom is -0.411 e. The van der Waals surface area contributed by atoms with Crippen molar-refractivity contribution in [1.82, 2.24) is 0 Å². The molecule has 0 heterocycles. The second-order valence-corrected chi connectivity index (χ2v) is 4.65. The van der Waals surface area contributed by atoms with Crippen LogP contribution in [0.4, 0.5) is 0 Å². The van der Waals surface area contributed by atoms with Crippen molar-refractivity contribution in [3.8, 4) is 0 Å². The normalized spacial score (nSPS) is 23.5. The van der Waals surface area contributed by atoms with Gasteiger partial charge in [0.2, 0.25) is 0 Å². The van der Waals surface area contributed by atoms with Gasteiger partial charge in [-0.3, -0.25) is 0 Å². The first-order chi connectivity index (χ1) is 5.05. The summed E-state index contributed by atoms with van der Waals surface area (Å²) >= 11 is 3.46. The van der Waals surface area contributed by atoms with Crippen LogP contribution in [0, 0.1) is 5.41 Å². The average molecular weight is 218 g/mol.